The minimum Gasteiger partial charge on any atom is -0.508 e. The Balaban J connectivity index is 2.21. The Morgan fingerprint density at radius 1 is 1.46 bits per heavy atom. The van der Waals surface area contributed by atoms with E-state index < -0.39 is 0 Å². The number of aromatic hydroxyl groups is 1. The molecule has 1 heterocycles. The number of phenolic OH excluding ortho intramolecular Hbond substituents is 1. The summed E-state index contributed by atoms with van der Waals surface area (Å²) in [5.74, 6) is 0.304. The van der Waals surface area contributed by atoms with Crippen molar-refractivity contribution in [1.29, 1.82) is 0 Å². The normalized spacial score (nSPS) is 21.5. The van der Waals surface area contributed by atoms with Crippen molar-refractivity contribution >= 4 is 5.91 Å². The number of hydrogen-bond acceptors (Lipinski definition) is 2. The molecular weight excluding hydrogens is 166 g/mol. The van der Waals surface area contributed by atoms with Crippen LogP contribution in [0.15, 0.2) is 24.3 Å². The van der Waals surface area contributed by atoms with Gasteiger partial charge < -0.3 is 10.4 Å². The number of phenols is 1. The van der Waals surface area contributed by atoms with Gasteiger partial charge in [0.05, 0.1) is 6.42 Å². The quantitative estimate of drug-likeness (QED) is 0.665. The highest BCUT2D eigenvalue weighted by Gasteiger charge is 2.23. The van der Waals surface area contributed by atoms with Crippen LogP contribution in [0.2, 0.25) is 0 Å². The smallest absolute Gasteiger partial charge is 0.224 e. The molecule has 2 rings (SSSR count). The van der Waals surface area contributed by atoms with E-state index in [9.17, 15) is 9.90 Å². The molecule has 13 heavy (non-hydrogen) atoms. The lowest BCUT2D eigenvalue weighted by Gasteiger charge is -2.06. The second-order valence-corrected chi connectivity index (χ2v) is 3.11. The van der Waals surface area contributed by atoms with E-state index >= 15 is 0 Å². The lowest BCUT2D eigenvalue weighted by molar-refractivity contribution is -0.116. The summed E-state index contributed by atoms with van der Waals surface area (Å²) in [6.45, 7) is 0.627. The maximum absolute atomic E-state index is 10.9. The third-order valence-corrected chi connectivity index (χ3v) is 2.15. The van der Waals surface area contributed by atoms with E-state index in [0.717, 1.165) is 5.56 Å². The zero-order valence-corrected chi connectivity index (χ0v) is 7.03. The van der Waals surface area contributed by atoms with E-state index in [1.54, 1.807) is 24.6 Å². The molecule has 0 bridgehead atoms. The molecule has 1 saturated heterocycles. The molecule has 1 aliphatic heterocycles. The van der Waals surface area contributed by atoms with E-state index in [4.69, 9.17) is 0 Å². The summed E-state index contributed by atoms with van der Waals surface area (Å²) in [6, 6.07) is 6.98. The van der Waals surface area contributed by atoms with Crippen molar-refractivity contribution in [2.75, 3.05) is 6.54 Å². The minimum absolute atomic E-state index is 0.0339. The highest BCUT2D eigenvalue weighted by Crippen LogP contribution is 2.24. The molecule has 3 nitrogen and oxygen atoms in total. The van der Waals surface area contributed by atoms with Gasteiger partial charge in [-0.05, 0) is 17.7 Å². The average Bonchev–Trinajstić information content (AvgIpc) is 2.52. The van der Waals surface area contributed by atoms with Crippen LogP contribution in [0.25, 0.3) is 0 Å². The Hall–Kier alpha value is -1.51. The fraction of sp³-hybridized carbons (Fsp3) is 0.200. The number of rotatable bonds is 1. The van der Waals surface area contributed by atoms with Gasteiger partial charge in [0, 0.05) is 12.5 Å². The van der Waals surface area contributed by atoms with E-state index in [2.05, 4.69) is 5.32 Å². The second kappa shape index (κ2) is 3.09. The van der Waals surface area contributed by atoms with Crippen molar-refractivity contribution in [3.8, 4) is 5.75 Å². The molecule has 1 unspecified atom stereocenters. The predicted octanol–water partition coefficient (Wildman–Crippen LogP) is 0.810. The fourth-order valence-corrected chi connectivity index (χ4v) is 1.48. The first-order chi connectivity index (χ1) is 6.25. The number of nitrogens with one attached hydrogen (secondary N) is 1. The predicted molar refractivity (Wildman–Crippen MR) is 48.2 cm³/mol. The summed E-state index contributed by atoms with van der Waals surface area (Å²) < 4.78 is 0. The summed E-state index contributed by atoms with van der Waals surface area (Å²) in [7, 11) is 0. The third-order valence-electron chi connectivity index (χ3n) is 2.15. The molecule has 0 aliphatic carbocycles. The molecule has 1 aromatic carbocycles. The van der Waals surface area contributed by atoms with Crippen molar-refractivity contribution in [3.05, 3.63) is 36.2 Å². The largest absolute Gasteiger partial charge is 0.508 e. The number of amides is 1. The van der Waals surface area contributed by atoms with Crippen molar-refractivity contribution in [2.45, 2.75) is 5.92 Å². The molecule has 1 radical (unpaired) electrons. The van der Waals surface area contributed by atoms with Gasteiger partial charge in [0.1, 0.15) is 5.75 Å². The average molecular weight is 176 g/mol. The topological polar surface area (TPSA) is 49.3 Å². The first kappa shape index (κ1) is 8.10. The van der Waals surface area contributed by atoms with Crippen molar-refractivity contribution < 1.29 is 9.90 Å². The SMILES string of the molecule is O=C1[CH]C(c2cccc(O)c2)CN1. The van der Waals surface area contributed by atoms with Crippen LogP contribution in [-0.2, 0) is 4.79 Å². The summed E-state index contributed by atoms with van der Waals surface area (Å²) in [5, 5.41) is 11.9. The van der Waals surface area contributed by atoms with Gasteiger partial charge in [-0.15, -0.1) is 0 Å². The van der Waals surface area contributed by atoms with Crippen LogP contribution in [-0.4, -0.2) is 17.6 Å². The van der Waals surface area contributed by atoms with Crippen LogP contribution >= 0.6 is 0 Å². The van der Waals surface area contributed by atoms with Gasteiger partial charge in [0.2, 0.25) is 5.91 Å². The van der Waals surface area contributed by atoms with Gasteiger partial charge in [-0.1, -0.05) is 12.1 Å². The van der Waals surface area contributed by atoms with E-state index in [1.807, 2.05) is 6.07 Å². The zero-order chi connectivity index (χ0) is 9.26. The number of benzene rings is 1. The summed E-state index contributed by atoms with van der Waals surface area (Å²) in [5.41, 5.74) is 0.971. The highest BCUT2D eigenvalue weighted by atomic mass is 16.3. The van der Waals surface area contributed by atoms with Crippen molar-refractivity contribution in [1.82, 2.24) is 5.32 Å². The molecule has 0 aromatic heterocycles. The van der Waals surface area contributed by atoms with Gasteiger partial charge in [-0.25, -0.2) is 0 Å². The summed E-state index contributed by atoms with van der Waals surface area (Å²) in [6.07, 6.45) is 1.63. The van der Waals surface area contributed by atoms with Crippen LogP contribution in [0.1, 0.15) is 11.5 Å². The standard InChI is InChI=1S/C10H10NO2/c12-9-3-1-2-7(4-9)8-5-10(13)11-6-8/h1-5,8,12H,6H2,(H,11,13). The molecule has 0 saturated carbocycles. The molecule has 1 aromatic rings. The fourth-order valence-electron chi connectivity index (χ4n) is 1.48. The van der Waals surface area contributed by atoms with Gasteiger partial charge in [0.25, 0.3) is 0 Å². The maximum atomic E-state index is 10.9. The second-order valence-electron chi connectivity index (χ2n) is 3.11. The lowest BCUT2D eigenvalue weighted by Crippen LogP contribution is -2.13. The first-order valence-corrected chi connectivity index (χ1v) is 4.17. The molecular formula is C10H10NO2. The minimum atomic E-state index is -0.0339. The van der Waals surface area contributed by atoms with Crippen LogP contribution in [0.5, 0.6) is 5.75 Å². The first-order valence-electron chi connectivity index (χ1n) is 4.17. The number of carbonyl (C=O) groups excluding carboxylic acids is 1. The van der Waals surface area contributed by atoms with Gasteiger partial charge >= 0.3 is 0 Å². The lowest BCUT2D eigenvalue weighted by atomic mass is 9.98. The maximum Gasteiger partial charge on any atom is 0.224 e. The summed E-state index contributed by atoms with van der Waals surface area (Å²) in [4.78, 5) is 10.9. The monoisotopic (exact) mass is 176 g/mol. The Morgan fingerprint density at radius 2 is 2.31 bits per heavy atom. The Bertz CT molecular complexity index is 335. The van der Waals surface area contributed by atoms with Crippen LogP contribution in [0.4, 0.5) is 0 Å². The Kier molecular flexibility index (Phi) is 1.93. The van der Waals surface area contributed by atoms with Gasteiger partial charge in [-0.3, -0.25) is 4.79 Å². The van der Waals surface area contributed by atoms with Crippen LogP contribution in [0.3, 0.4) is 0 Å². The van der Waals surface area contributed by atoms with Crippen LogP contribution in [0, 0.1) is 6.42 Å². The van der Waals surface area contributed by atoms with Crippen molar-refractivity contribution in [2.24, 2.45) is 0 Å². The molecule has 0 spiro atoms. The van der Waals surface area contributed by atoms with E-state index in [-0.39, 0.29) is 17.6 Å². The summed E-state index contributed by atoms with van der Waals surface area (Å²) >= 11 is 0. The van der Waals surface area contributed by atoms with E-state index in [1.165, 1.54) is 0 Å². The molecule has 1 amide bonds. The molecule has 2 N–H and O–H groups in total. The van der Waals surface area contributed by atoms with Crippen LogP contribution < -0.4 is 5.32 Å². The zero-order valence-electron chi connectivity index (χ0n) is 7.03. The van der Waals surface area contributed by atoms with Gasteiger partial charge in [-0.2, -0.15) is 0 Å². The van der Waals surface area contributed by atoms with Gasteiger partial charge in [0.15, 0.2) is 0 Å². The highest BCUT2D eigenvalue weighted by molar-refractivity contribution is 5.88. The third kappa shape index (κ3) is 1.64. The molecule has 67 valence electrons. The Labute approximate surface area is 76.4 Å². The molecule has 1 fully saturated rings. The molecule has 1 atom stereocenters. The molecule has 3 heteroatoms. The number of carbonyl (C=O) groups is 1. The Morgan fingerprint density at radius 3 is 2.92 bits per heavy atom. The number of hydrogen-bond donors (Lipinski definition) is 2. The van der Waals surface area contributed by atoms with E-state index in [0.29, 0.717) is 6.54 Å². The molecule has 1 aliphatic rings. The van der Waals surface area contributed by atoms with Crippen molar-refractivity contribution in [3.63, 3.8) is 0 Å².